The Morgan fingerprint density at radius 3 is 1.95 bits per heavy atom. The molecule has 0 bridgehead atoms. The van der Waals surface area contributed by atoms with Crippen molar-refractivity contribution < 1.29 is 19.0 Å². The molecule has 0 aliphatic heterocycles. The average molecular weight is 312 g/mol. The van der Waals surface area contributed by atoms with Crippen molar-refractivity contribution in [3.05, 3.63) is 17.7 Å². The van der Waals surface area contributed by atoms with Crippen LogP contribution in [-0.2, 0) is 10.5 Å². The first-order valence-electron chi connectivity index (χ1n) is 6.75. The van der Waals surface area contributed by atoms with Crippen LogP contribution in [0.4, 0.5) is 0 Å². The molecule has 0 saturated heterocycles. The highest BCUT2D eigenvalue weighted by Gasteiger charge is 2.19. The Morgan fingerprint density at radius 2 is 1.57 bits per heavy atom. The Kier molecular flexibility index (Phi) is 6.40. The van der Waals surface area contributed by atoms with Gasteiger partial charge >= 0.3 is 0 Å². The lowest BCUT2D eigenvalue weighted by atomic mass is 9.93. The SMILES string of the molecule is COc1cc(OC)c(CSC(=O)CC(C)(C)C)c(OC)c1. The molecule has 0 unspecified atom stereocenters. The lowest BCUT2D eigenvalue weighted by Crippen LogP contribution is -2.10. The average Bonchev–Trinajstić information content (AvgIpc) is 2.42. The second kappa shape index (κ2) is 7.59. The first kappa shape index (κ1) is 17.7. The number of thioether (sulfide) groups is 1. The van der Waals surface area contributed by atoms with Crippen molar-refractivity contribution in [1.82, 2.24) is 0 Å². The van der Waals surface area contributed by atoms with Gasteiger partial charge in [0.25, 0.3) is 0 Å². The van der Waals surface area contributed by atoms with Crippen molar-refractivity contribution in [3.63, 3.8) is 0 Å². The van der Waals surface area contributed by atoms with Gasteiger partial charge in [0.05, 0.1) is 21.3 Å². The number of rotatable bonds is 6. The normalized spacial score (nSPS) is 11.1. The molecule has 1 aromatic carbocycles. The molecular formula is C16H24O4S. The second-order valence-electron chi connectivity index (χ2n) is 5.91. The lowest BCUT2D eigenvalue weighted by molar-refractivity contribution is -0.112. The van der Waals surface area contributed by atoms with Crippen LogP contribution >= 0.6 is 11.8 Å². The fraction of sp³-hybridized carbons (Fsp3) is 0.562. The molecule has 0 N–H and O–H groups in total. The highest BCUT2D eigenvalue weighted by Crippen LogP contribution is 2.37. The molecule has 4 nitrogen and oxygen atoms in total. The standard InChI is InChI=1S/C16H24O4S/c1-16(2,3)9-15(17)21-10-12-13(19-5)7-11(18-4)8-14(12)20-6/h7-8H,9-10H2,1-6H3. The van der Waals surface area contributed by atoms with E-state index >= 15 is 0 Å². The van der Waals surface area contributed by atoms with E-state index in [0.29, 0.717) is 29.4 Å². The van der Waals surface area contributed by atoms with Gasteiger partial charge < -0.3 is 14.2 Å². The molecule has 118 valence electrons. The molecule has 0 aromatic heterocycles. The first-order chi connectivity index (χ1) is 9.80. The zero-order valence-electron chi connectivity index (χ0n) is 13.6. The van der Waals surface area contributed by atoms with Crippen LogP contribution in [0.15, 0.2) is 12.1 Å². The van der Waals surface area contributed by atoms with Crippen molar-refractivity contribution in [2.75, 3.05) is 21.3 Å². The summed E-state index contributed by atoms with van der Waals surface area (Å²) in [6, 6.07) is 3.60. The number of carbonyl (C=O) groups is 1. The Morgan fingerprint density at radius 1 is 1.05 bits per heavy atom. The molecule has 21 heavy (non-hydrogen) atoms. The minimum atomic E-state index is -0.00182. The Bertz CT molecular complexity index is 467. The third-order valence-corrected chi connectivity index (χ3v) is 3.77. The van der Waals surface area contributed by atoms with E-state index in [1.165, 1.54) is 11.8 Å². The number of hydrogen-bond donors (Lipinski definition) is 0. The molecule has 0 aliphatic carbocycles. The van der Waals surface area contributed by atoms with E-state index in [1.807, 2.05) is 0 Å². The van der Waals surface area contributed by atoms with E-state index in [2.05, 4.69) is 20.8 Å². The second-order valence-corrected chi connectivity index (χ2v) is 6.94. The van der Waals surface area contributed by atoms with Crippen LogP contribution in [0.3, 0.4) is 0 Å². The molecule has 0 fully saturated rings. The lowest BCUT2D eigenvalue weighted by Gasteiger charge is -2.17. The monoisotopic (exact) mass is 312 g/mol. The van der Waals surface area contributed by atoms with Crippen LogP contribution in [0.5, 0.6) is 17.2 Å². The Balaban J connectivity index is 2.89. The van der Waals surface area contributed by atoms with Gasteiger partial charge in [-0.1, -0.05) is 32.5 Å². The molecule has 5 heteroatoms. The van der Waals surface area contributed by atoms with Crippen LogP contribution in [0.1, 0.15) is 32.8 Å². The largest absolute Gasteiger partial charge is 0.496 e. The van der Waals surface area contributed by atoms with Crippen molar-refractivity contribution in [3.8, 4) is 17.2 Å². The van der Waals surface area contributed by atoms with E-state index < -0.39 is 0 Å². The van der Waals surface area contributed by atoms with Gasteiger partial charge in [-0.3, -0.25) is 4.79 Å². The summed E-state index contributed by atoms with van der Waals surface area (Å²) in [5, 5.41) is 0.169. The molecule has 0 amide bonds. The van der Waals surface area contributed by atoms with Crippen LogP contribution in [0.2, 0.25) is 0 Å². The van der Waals surface area contributed by atoms with Gasteiger partial charge in [-0.25, -0.2) is 0 Å². The molecule has 1 aromatic rings. The predicted molar refractivity (Wildman–Crippen MR) is 86.5 cm³/mol. The minimum Gasteiger partial charge on any atom is -0.496 e. The van der Waals surface area contributed by atoms with Crippen LogP contribution in [0, 0.1) is 5.41 Å². The first-order valence-corrected chi connectivity index (χ1v) is 7.74. The maximum absolute atomic E-state index is 12.0. The fourth-order valence-electron chi connectivity index (χ4n) is 1.86. The summed E-state index contributed by atoms with van der Waals surface area (Å²) < 4.78 is 16.0. The van der Waals surface area contributed by atoms with Gasteiger partial charge in [0.1, 0.15) is 17.2 Å². The van der Waals surface area contributed by atoms with Gasteiger partial charge in [0.2, 0.25) is 0 Å². The highest BCUT2D eigenvalue weighted by molar-refractivity contribution is 8.12. The number of benzene rings is 1. The number of carbonyl (C=O) groups excluding carboxylic acids is 1. The van der Waals surface area contributed by atoms with E-state index in [9.17, 15) is 4.79 Å². The fourth-order valence-corrected chi connectivity index (χ4v) is 2.98. The summed E-state index contributed by atoms with van der Waals surface area (Å²) in [6.07, 6.45) is 0.540. The van der Waals surface area contributed by atoms with Crippen molar-refractivity contribution >= 4 is 16.9 Å². The summed E-state index contributed by atoms with van der Waals surface area (Å²) in [4.78, 5) is 12.0. The quantitative estimate of drug-likeness (QED) is 0.797. The Labute approximate surface area is 131 Å². The third-order valence-electron chi connectivity index (χ3n) is 2.87. The molecule has 0 heterocycles. The van der Waals surface area contributed by atoms with Crippen molar-refractivity contribution in [2.24, 2.45) is 5.41 Å². The number of hydrogen-bond acceptors (Lipinski definition) is 5. The Hall–Kier alpha value is -1.36. The molecular weight excluding hydrogens is 288 g/mol. The molecule has 0 aliphatic rings. The summed E-state index contributed by atoms with van der Waals surface area (Å²) in [5.74, 6) is 2.52. The van der Waals surface area contributed by atoms with E-state index in [0.717, 1.165) is 5.56 Å². The van der Waals surface area contributed by atoms with Crippen LogP contribution < -0.4 is 14.2 Å². The third kappa shape index (κ3) is 5.50. The van der Waals surface area contributed by atoms with Crippen molar-refractivity contribution in [2.45, 2.75) is 32.9 Å². The van der Waals surface area contributed by atoms with E-state index in [4.69, 9.17) is 14.2 Å². The van der Waals surface area contributed by atoms with E-state index in [1.54, 1.807) is 33.5 Å². The number of ether oxygens (including phenoxy) is 3. The molecule has 1 rings (SSSR count). The van der Waals surface area contributed by atoms with Crippen molar-refractivity contribution in [1.29, 1.82) is 0 Å². The molecule has 0 radical (unpaired) electrons. The maximum Gasteiger partial charge on any atom is 0.189 e. The topological polar surface area (TPSA) is 44.8 Å². The summed E-state index contributed by atoms with van der Waals surface area (Å²) in [5.41, 5.74) is 0.867. The number of methoxy groups -OCH3 is 3. The zero-order chi connectivity index (χ0) is 16.0. The van der Waals surface area contributed by atoms with Gasteiger partial charge in [-0.2, -0.15) is 0 Å². The van der Waals surface area contributed by atoms with Gasteiger partial charge in [0, 0.05) is 29.9 Å². The molecule has 0 saturated carbocycles. The minimum absolute atomic E-state index is 0.00182. The van der Waals surface area contributed by atoms with Crippen LogP contribution in [0.25, 0.3) is 0 Å². The van der Waals surface area contributed by atoms with Crippen LogP contribution in [-0.4, -0.2) is 26.4 Å². The predicted octanol–water partition coefficient (Wildman–Crippen LogP) is 3.91. The zero-order valence-corrected chi connectivity index (χ0v) is 14.4. The summed E-state index contributed by atoms with van der Waals surface area (Å²) >= 11 is 1.29. The van der Waals surface area contributed by atoms with Gasteiger partial charge in [-0.05, 0) is 5.41 Å². The smallest absolute Gasteiger partial charge is 0.189 e. The van der Waals surface area contributed by atoms with E-state index in [-0.39, 0.29) is 10.5 Å². The molecule has 0 spiro atoms. The summed E-state index contributed by atoms with van der Waals surface area (Å²) in [6.45, 7) is 6.17. The highest BCUT2D eigenvalue weighted by atomic mass is 32.2. The van der Waals surface area contributed by atoms with Gasteiger partial charge in [-0.15, -0.1) is 0 Å². The maximum atomic E-state index is 12.0. The summed E-state index contributed by atoms with van der Waals surface area (Å²) in [7, 11) is 4.79. The van der Waals surface area contributed by atoms with Gasteiger partial charge in [0.15, 0.2) is 5.12 Å². The molecule has 0 atom stereocenters.